The standard InChI is InChI=1S/C25H42N2O3/c1-24-10-8-18(27-30-13-5-12-26-3)15-22(24)17(16-29-4)14-19-20-6-7-23(28)25(20,2)11-9-21(19)24/h17,19-22,26H,5-16H2,1-4H3/b27-18+/t17-,19+,20+,21+,22-,24-,25+/m1/s1. The predicted octanol–water partition coefficient (Wildman–Crippen LogP) is 4.45. The van der Waals surface area contributed by atoms with Crippen LogP contribution in [0.25, 0.3) is 0 Å². The third kappa shape index (κ3) is 3.74. The Morgan fingerprint density at radius 3 is 2.73 bits per heavy atom. The molecule has 0 saturated heterocycles. The molecule has 0 spiro atoms. The molecule has 0 aromatic rings. The number of hydrogen-bond acceptors (Lipinski definition) is 5. The van der Waals surface area contributed by atoms with E-state index in [0.29, 0.717) is 41.5 Å². The summed E-state index contributed by atoms with van der Waals surface area (Å²) in [5.41, 5.74) is 1.53. The van der Waals surface area contributed by atoms with Crippen LogP contribution in [0, 0.1) is 40.4 Å². The lowest BCUT2D eigenvalue weighted by atomic mass is 9.43. The zero-order valence-electron chi connectivity index (χ0n) is 19.5. The molecule has 5 nitrogen and oxygen atoms in total. The molecule has 4 aliphatic carbocycles. The molecule has 1 N–H and O–H groups in total. The largest absolute Gasteiger partial charge is 0.396 e. The maximum atomic E-state index is 12.7. The molecule has 5 heteroatoms. The van der Waals surface area contributed by atoms with Crippen LogP contribution in [-0.4, -0.2) is 45.4 Å². The topological polar surface area (TPSA) is 59.9 Å². The SMILES string of the molecule is CNCCCO/N=C1\CC[C@@]2(C)[C@H](C1)[C@@H](COC)C[C@@H]1[C@@H]2CC[C@]2(C)C(=O)CC[C@@H]12. The van der Waals surface area contributed by atoms with Gasteiger partial charge in [0.25, 0.3) is 0 Å². The van der Waals surface area contributed by atoms with Crippen molar-refractivity contribution in [3.05, 3.63) is 0 Å². The highest BCUT2D eigenvalue weighted by Crippen LogP contribution is 2.66. The van der Waals surface area contributed by atoms with Gasteiger partial charge in [0, 0.05) is 25.6 Å². The molecule has 4 fully saturated rings. The molecule has 0 amide bonds. The second-order valence-electron chi connectivity index (χ2n) is 11.0. The Morgan fingerprint density at radius 1 is 1.13 bits per heavy atom. The summed E-state index contributed by atoms with van der Waals surface area (Å²) in [6.07, 6.45) is 9.78. The Balaban J connectivity index is 1.52. The number of ether oxygens (including phenoxy) is 1. The van der Waals surface area contributed by atoms with E-state index in [2.05, 4.69) is 24.3 Å². The van der Waals surface area contributed by atoms with Gasteiger partial charge in [-0.25, -0.2) is 0 Å². The minimum atomic E-state index is -0.0511. The highest BCUT2D eigenvalue weighted by Gasteiger charge is 2.61. The smallest absolute Gasteiger partial charge is 0.139 e. The highest BCUT2D eigenvalue weighted by atomic mass is 16.6. The summed E-state index contributed by atoms with van der Waals surface area (Å²) < 4.78 is 5.73. The van der Waals surface area contributed by atoms with E-state index in [9.17, 15) is 4.79 Å². The van der Waals surface area contributed by atoms with E-state index < -0.39 is 0 Å². The van der Waals surface area contributed by atoms with Crippen LogP contribution in [0.2, 0.25) is 0 Å². The van der Waals surface area contributed by atoms with Crippen LogP contribution in [0.1, 0.15) is 71.6 Å². The number of methoxy groups -OCH3 is 1. The van der Waals surface area contributed by atoms with Gasteiger partial charge in [0.1, 0.15) is 12.4 Å². The van der Waals surface area contributed by atoms with Gasteiger partial charge in [-0.05, 0) is 100.0 Å². The van der Waals surface area contributed by atoms with E-state index in [1.807, 2.05) is 14.2 Å². The van der Waals surface area contributed by atoms with Crippen molar-refractivity contribution in [1.82, 2.24) is 5.32 Å². The number of carbonyl (C=O) groups excluding carboxylic acids is 1. The predicted molar refractivity (Wildman–Crippen MR) is 119 cm³/mol. The van der Waals surface area contributed by atoms with Crippen molar-refractivity contribution in [2.75, 3.05) is 33.9 Å². The lowest BCUT2D eigenvalue weighted by Gasteiger charge is -2.61. The number of oxime groups is 1. The minimum Gasteiger partial charge on any atom is -0.396 e. The molecule has 4 saturated carbocycles. The van der Waals surface area contributed by atoms with Gasteiger partial charge >= 0.3 is 0 Å². The second kappa shape index (κ2) is 8.90. The number of nitrogens with one attached hydrogen (secondary N) is 1. The number of Topliss-reactive ketones (excluding diaryl/α,β-unsaturated/α-hetero) is 1. The van der Waals surface area contributed by atoms with Gasteiger partial charge < -0.3 is 14.9 Å². The Kier molecular flexibility index (Phi) is 6.60. The monoisotopic (exact) mass is 418 g/mol. The summed E-state index contributed by atoms with van der Waals surface area (Å²) in [7, 11) is 3.81. The summed E-state index contributed by atoms with van der Waals surface area (Å²) in [5, 5.41) is 7.71. The average Bonchev–Trinajstić information content (AvgIpc) is 3.03. The van der Waals surface area contributed by atoms with Gasteiger partial charge in [0.2, 0.25) is 0 Å². The molecule has 30 heavy (non-hydrogen) atoms. The second-order valence-corrected chi connectivity index (χ2v) is 11.0. The van der Waals surface area contributed by atoms with Crippen LogP contribution in [0.3, 0.4) is 0 Å². The molecule has 0 radical (unpaired) electrons. The number of carbonyl (C=O) groups is 1. The lowest BCUT2D eigenvalue weighted by molar-refractivity contribution is -0.145. The summed E-state index contributed by atoms with van der Waals surface area (Å²) in [6, 6.07) is 0. The zero-order chi connectivity index (χ0) is 21.4. The molecule has 0 heterocycles. The first-order valence-electron chi connectivity index (χ1n) is 12.3. The maximum absolute atomic E-state index is 12.7. The van der Waals surface area contributed by atoms with Crippen molar-refractivity contribution < 1.29 is 14.4 Å². The van der Waals surface area contributed by atoms with Crippen LogP contribution >= 0.6 is 0 Å². The summed E-state index contributed by atoms with van der Waals surface area (Å²) in [4.78, 5) is 18.4. The number of fused-ring (bicyclic) bond motifs is 5. The molecular formula is C25H42N2O3. The van der Waals surface area contributed by atoms with E-state index in [4.69, 9.17) is 9.57 Å². The number of ketones is 1. The zero-order valence-corrected chi connectivity index (χ0v) is 19.5. The van der Waals surface area contributed by atoms with Crippen molar-refractivity contribution in [3.8, 4) is 0 Å². The van der Waals surface area contributed by atoms with Crippen LogP contribution in [0.15, 0.2) is 5.16 Å². The van der Waals surface area contributed by atoms with Crippen molar-refractivity contribution in [3.63, 3.8) is 0 Å². The molecule has 4 rings (SSSR count). The number of rotatable bonds is 7. The van der Waals surface area contributed by atoms with Crippen molar-refractivity contribution in [2.24, 2.45) is 45.6 Å². The van der Waals surface area contributed by atoms with Gasteiger partial charge in [-0.2, -0.15) is 0 Å². The highest BCUT2D eigenvalue weighted by molar-refractivity contribution is 5.87. The van der Waals surface area contributed by atoms with Crippen molar-refractivity contribution in [1.29, 1.82) is 0 Å². The van der Waals surface area contributed by atoms with Gasteiger partial charge in [-0.15, -0.1) is 0 Å². The first kappa shape index (κ1) is 22.3. The molecule has 0 aromatic carbocycles. The number of nitrogens with zero attached hydrogens (tertiary/aromatic N) is 1. The van der Waals surface area contributed by atoms with Gasteiger partial charge in [-0.3, -0.25) is 4.79 Å². The minimum absolute atomic E-state index is 0.0511. The third-order valence-electron chi connectivity index (χ3n) is 9.63. The van der Waals surface area contributed by atoms with Crippen molar-refractivity contribution in [2.45, 2.75) is 71.6 Å². The Labute approximate surface area is 182 Å². The molecule has 0 unspecified atom stereocenters. The molecule has 0 aromatic heterocycles. The molecular weight excluding hydrogens is 376 g/mol. The first-order valence-corrected chi connectivity index (χ1v) is 12.3. The normalized spacial score (nSPS) is 44.5. The van der Waals surface area contributed by atoms with Crippen LogP contribution in [0.4, 0.5) is 0 Å². The molecule has 4 aliphatic rings. The summed E-state index contributed by atoms with van der Waals surface area (Å²) in [6.45, 7) is 7.32. The average molecular weight is 419 g/mol. The van der Waals surface area contributed by atoms with Gasteiger partial charge in [-0.1, -0.05) is 19.0 Å². The van der Waals surface area contributed by atoms with Crippen LogP contribution < -0.4 is 5.32 Å². The fourth-order valence-corrected chi connectivity index (χ4v) is 8.01. The quantitative estimate of drug-likeness (QED) is 0.490. The van der Waals surface area contributed by atoms with Crippen LogP contribution in [-0.2, 0) is 14.4 Å². The van der Waals surface area contributed by atoms with E-state index in [1.54, 1.807) is 0 Å². The van der Waals surface area contributed by atoms with Gasteiger partial charge in [0.05, 0.1) is 5.71 Å². The first-order chi connectivity index (χ1) is 14.4. The van der Waals surface area contributed by atoms with Crippen molar-refractivity contribution >= 4 is 11.5 Å². The fraction of sp³-hybridized carbons (Fsp3) is 0.920. The Morgan fingerprint density at radius 2 is 1.97 bits per heavy atom. The van der Waals surface area contributed by atoms with Crippen LogP contribution in [0.5, 0.6) is 0 Å². The Bertz CT molecular complexity index is 665. The maximum Gasteiger partial charge on any atom is 0.139 e. The molecule has 7 atom stereocenters. The van der Waals surface area contributed by atoms with Gasteiger partial charge in [0.15, 0.2) is 0 Å². The summed E-state index contributed by atoms with van der Waals surface area (Å²) >= 11 is 0. The van der Waals surface area contributed by atoms with E-state index >= 15 is 0 Å². The van der Waals surface area contributed by atoms with E-state index in [0.717, 1.165) is 57.6 Å². The van der Waals surface area contributed by atoms with E-state index in [1.165, 1.54) is 25.0 Å². The third-order valence-corrected chi connectivity index (χ3v) is 9.63. The molecule has 170 valence electrons. The lowest BCUT2D eigenvalue weighted by Crippen LogP contribution is -2.57. The fourth-order valence-electron chi connectivity index (χ4n) is 8.01. The molecule has 0 bridgehead atoms. The Hall–Kier alpha value is -0.940. The summed E-state index contributed by atoms with van der Waals surface area (Å²) in [5.74, 6) is 3.75. The number of hydrogen-bond donors (Lipinski definition) is 1. The molecule has 0 aliphatic heterocycles. The van der Waals surface area contributed by atoms with E-state index in [-0.39, 0.29) is 5.41 Å².